The van der Waals surface area contributed by atoms with Crippen LogP contribution in [-0.2, 0) is 13.6 Å². The predicted molar refractivity (Wildman–Crippen MR) is 66.6 cm³/mol. The minimum absolute atomic E-state index is 0.213. The van der Waals surface area contributed by atoms with Crippen molar-refractivity contribution >= 4 is 0 Å². The summed E-state index contributed by atoms with van der Waals surface area (Å²) >= 11 is 0. The summed E-state index contributed by atoms with van der Waals surface area (Å²) in [5.41, 5.74) is 2.18. The lowest BCUT2D eigenvalue weighted by Gasteiger charge is -2.11. The Balaban J connectivity index is 1.92. The molecule has 1 atom stereocenters. The molecule has 2 aromatic rings. The van der Waals surface area contributed by atoms with E-state index in [1.54, 1.807) is 16.8 Å². The topological polar surface area (TPSA) is 50.1 Å². The van der Waals surface area contributed by atoms with Crippen LogP contribution in [0.3, 0.4) is 0 Å². The highest BCUT2D eigenvalue weighted by Crippen LogP contribution is 2.12. The number of hydrogen-bond acceptors (Lipinski definition) is 3. The zero-order valence-electron chi connectivity index (χ0n) is 10.1. The molecule has 1 heterocycles. The molecule has 1 aromatic carbocycles. The Morgan fingerprint density at radius 1 is 1.29 bits per heavy atom. The molecule has 0 fully saturated rings. The highest BCUT2D eigenvalue weighted by molar-refractivity contribution is 5.25. The van der Waals surface area contributed by atoms with Crippen LogP contribution in [0.4, 0.5) is 0 Å². The maximum absolute atomic E-state index is 9.18. The first-order chi connectivity index (χ1) is 8.15. The zero-order valence-corrected chi connectivity index (χ0v) is 10.1. The van der Waals surface area contributed by atoms with Gasteiger partial charge in [-0.2, -0.15) is 5.10 Å². The Bertz CT molecular complexity index is 476. The standard InChI is InChI=1S/C13H17N3O/c1-10(13-7-8-16(2)15-13)14-9-11-3-5-12(17)6-4-11/h3-8,10,14,17H,9H2,1-2H3. The van der Waals surface area contributed by atoms with Crippen LogP contribution in [0, 0.1) is 0 Å². The molecule has 0 saturated carbocycles. The molecule has 0 aliphatic carbocycles. The molecule has 17 heavy (non-hydrogen) atoms. The maximum Gasteiger partial charge on any atom is 0.115 e. The quantitative estimate of drug-likeness (QED) is 0.846. The van der Waals surface area contributed by atoms with Gasteiger partial charge in [0.15, 0.2) is 0 Å². The number of nitrogens with one attached hydrogen (secondary N) is 1. The van der Waals surface area contributed by atoms with E-state index < -0.39 is 0 Å². The van der Waals surface area contributed by atoms with Gasteiger partial charge >= 0.3 is 0 Å². The molecule has 0 saturated heterocycles. The van der Waals surface area contributed by atoms with Gasteiger partial charge in [-0.25, -0.2) is 0 Å². The Labute approximate surface area is 101 Å². The molecule has 1 aromatic heterocycles. The van der Waals surface area contributed by atoms with Crippen molar-refractivity contribution in [1.82, 2.24) is 15.1 Å². The zero-order chi connectivity index (χ0) is 12.3. The van der Waals surface area contributed by atoms with Crippen molar-refractivity contribution in [2.75, 3.05) is 0 Å². The summed E-state index contributed by atoms with van der Waals surface area (Å²) in [6.45, 7) is 2.85. The monoisotopic (exact) mass is 231 g/mol. The van der Waals surface area contributed by atoms with Crippen LogP contribution < -0.4 is 5.32 Å². The predicted octanol–water partition coefficient (Wildman–Crippen LogP) is 1.98. The average Bonchev–Trinajstić information content (AvgIpc) is 2.75. The SMILES string of the molecule is CC(NCc1ccc(O)cc1)c1ccn(C)n1. The van der Waals surface area contributed by atoms with Crippen LogP contribution in [-0.4, -0.2) is 14.9 Å². The molecule has 2 rings (SSSR count). The smallest absolute Gasteiger partial charge is 0.115 e. The van der Waals surface area contributed by atoms with Crippen LogP contribution >= 0.6 is 0 Å². The van der Waals surface area contributed by atoms with Gasteiger partial charge < -0.3 is 10.4 Å². The largest absolute Gasteiger partial charge is 0.508 e. The second-order valence-electron chi connectivity index (χ2n) is 4.18. The second kappa shape index (κ2) is 5.01. The van der Waals surface area contributed by atoms with E-state index in [1.807, 2.05) is 31.4 Å². The number of phenolic OH excluding ortho intramolecular Hbond substituents is 1. The molecule has 90 valence electrons. The Morgan fingerprint density at radius 3 is 2.59 bits per heavy atom. The molecule has 0 aliphatic heterocycles. The second-order valence-corrected chi connectivity index (χ2v) is 4.18. The van der Waals surface area contributed by atoms with Gasteiger partial charge in [0.1, 0.15) is 5.75 Å². The van der Waals surface area contributed by atoms with Crippen molar-refractivity contribution in [3.63, 3.8) is 0 Å². The van der Waals surface area contributed by atoms with Gasteiger partial charge in [-0.3, -0.25) is 4.68 Å². The maximum atomic E-state index is 9.18. The molecule has 0 spiro atoms. The first-order valence-electron chi connectivity index (χ1n) is 5.66. The van der Waals surface area contributed by atoms with Crippen molar-refractivity contribution in [3.8, 4) is 5.75 Å². The number of aromatic hydroxyl groups is 1. The van der Waals surface area contributed by atoms with Gasteiger partial charge in [-0.05, 0) is 30.7 Å². The van der Waals surface area contributed by atoms with E-state index >= 15 is 0 Å². The molecule has 4 heteroatoms. The van der Waals surface area contributed by atoms with Gasteiger partial charge in [0, 0.05) is 25.8 Å². The van der Waals surface area contributed by atoms with Gasteiger partial charge in [0.2, 0.25) is 0 Å². The van der Waals surface area contributed by atoms with E-state index in [1.165, 1.54) is 0 Å². The number of nitrogens with zero attached hydrogens (tertiary/aromatic N) is 2. The third-order valence-electron chi connectivity index (χ3n) is 2.73. The fourth-order valence-electron chi connectivity index (χ4n) is 1.65. The fraction of sp³-hybridized carbons (Fsp3) is 0.308. The lowest BCUT2D eigenvalue weighted by Crippen LogP contribution is -2.18. The summed E-state index contributed by atoms with van der Waals surface area (Å²) in [6.07, 6.45) is 1.94. The minimum Gasteiger partial charge on any atom is -0.508 e. The highest BCUT2D eigenvalue weighted by Gasteiger charge is 2.07. The van der Waals surface area contributed by atoms with E-state index in [0.29, 0.717) is 5.75 Å². The number of aryl methyl sites for hydroxylation is 1. The van der Waals surface area contributed by atoms with Gasteiger partial charge in [-0.15, -0.1) is 0 Å². The van der Waals surface area contributed by atoms with Crippen LogP contribution in [0.25, 0.3) is 0 Å². The summed E-state index contributed by atoms with van der Waals surface area (Å²) in [5, 5.41) is 16.9. The van der Waals surface area contributed by atoms with Crippen molar-refractivity contribution in [2.45, 2.75) is 19.5 Å². The molecular formula is C13H17N3O. The third kappa shape index (κ3) is 3.07. The Morgan fingerprint density at radius 2 is 2.00 bits per heavy atom. The highest BCUT2D eigenvalue weighted by atomic mass is 16.3. The Kier molecular flexibility index (Phi) is 3.44. The molecule has 2 N–H and O–H groups in total. The molecule has 0 amide bonds. The van der Waals surface area contributed by atoms with Crippen molar-refractivity contribution in [3.05, 3.63) is 47.8 Å². The molecule has 1 unspecified atom stereocenters. The van der Waals surface area contributed by atoms with Crippen LogP contribution in [0.5, 0.6) is 5.75 Å². The summed E-state index contributed by atoms with van der Waals surface area (Å²) in [5.74, 6) is 0.298. The van der Waals surface area contributed by atoms with Crippen LogP contribution in [0.2, 0.25) is 0 Å². The van der Waals surface area contributed by atoms with E-state index in [4.69, 9.17) is 0 Å². The van der Waals surface area contributed by atoms with Gasteiger partial charge in [0.25, 0.3) is 0 Å². The number of phenols is 1. The number of aromatic nitrogens is 2. The summed E-state index contributed by atoms with van der Waals surface area (Å²) in [6, 6.07) is 9.44. The first kappa shape index (κ1) is 11.7. The number of rotatable bonds is 4. The fourth-order valence-corrected chi connectivity index (χ4v) is 1.65. The molecule has 0 bridgehead atoms. The first-order valence-corrected chi connectivity index (χ1v) is 5.66. The van der Waals surface area contributed by atoms with Gasteiger partial charge in [0.05, 0.1) is 5.69 Å². The van der Waals surface area contributed by atoms with E-state index in [-0.39, 0.29) is 6.04 Å². The molecular weight excluding hydrogens is 214 g/mol. The average molecular weight is 231 g/mol. The van der Waals surface area contributed by atoms with Crippen molar-refractivity contribution in [1.29, 1.82) is 0 Å². The normalized spacial score (nSPS) is 12.6. The lowest BCUT2D eigenvalue weighted by atomic mass is 10.2. The van der Waals surface area contributed by atoms with E-state index in [2.05, 4.69) is 17.3 Å². The third-order valence-corrected chi connectivity index (χ3v) is 2.73. The van der Waals surface area contributed by atoms with E-state index in [0.717, 1.165) is 17.8 Å². The summed E-state index contributed by atoms with van der Waals surface area (Å²) in [7, 11) is 1.91. The minimum atomic E-state index is 0.213. The summed E-state index contributed by atoms with van der Waals surface area (Å²) in [4.78, 5) is 0. The molecule has 4 nitrogen and oxygen atoms in total. The lowest BCUT2D eigenvalue weighted by molar-refractivity contribution is 0.474. The molecule has 0 aliphatic rings. The van der Waals surface area contributed by atoms with Crippen LogP contribution in [0.1, 0.15) is 24.2 Å². The number of hydrogen-bond donors (Lipinski definition) is 2. The summed E-state index contributed by atoms with van der Waals surface area (Å²) < 4.78 is 1.80. The van der Waals surface area contributed by atoms with E-state index in [9.17, 15) is 5.11 Å². The van der Waals surface area contributed by atoms with Crippen LogP contribution in [0.15, 0.2) is 36.5 Å². The van der Waals surface area contributed by atoms with Crippen molar-refractivity contribution < 1.29 is 5.11 Å². The Hall–Kier alpha value is -1.81. The van der Waals surface area contributed by atoms with Crippen molar-refractivity contribution in [2.24, 2.45) is 7.05 Å². The number of benzene rings is 1. The van der Waals surface area contributed by atoms with Gasteiger partial charge in [-0.1, -0.05) is 12.1 Å². The molecule has 0 radical (unpaired) electrons.